The van der Waals surface area contributed by atoms with Gasteiger partial charge in [-0.15, -0.1) is 0 Å². The summed E-state index contributed by atoms with van der Waals surface area (Å²) in [7, 11) is 1.50. The molecule has 106 valence electrons. The molecule has 2 rings (SSSR count). The van der Waals surface area contributed by atoms with Crippen LogP contribution < -0.4 is 15.6 Å². The maximum atomic E-state index is 12.0. The molecule has 5 nitrogen and oxygen atoms in total. The van der Waals surface area contributed by atoms with Gasteiger partial charge in [-0.05, 0) is 31.4 Å². The van der Waals surface area contributed by atoms with Crippen LogP contribution in [0.3, 0.4) is 0 Å². The van der Waals surface area contributed by atoms with Crippen LogP contribution in [-0.4, -0.2) is 18.9 Å². The minimum Gasteiger partial charge on any atom is -0.496 e. The average molecular weight is 274 g/mol. The fraction of sp³-hybridized carbons (Fsp3) is 0.333. The Kier molecular flexibility index (Phi) is 4.76. The molecule has 1 aliphatic carbocycles. The molecule has 0 unspecified atom stereocenters. The lowest BCUT2D eigenvalue weighted by Gasteiger charge is -2.17. The van der Waals surface area contributed by atoms with Crippen molar-refractivity contribution in [3.63, 3.8) is 0 Å². The van der Waals surface area contributed by atoms with Gasteiger partial charge in [-0.1, -0.05) is 24.3 Å². The highest BCUT2D eigenvalue weighted by Crippen LogP contribution is 2.18. The molecule has 2 amide bonds. The SMILES string of the molecule is COc1ccccc1C(=O)NNC(=O)[C@H]1CC=CCC1. The number of allylic oxidation sites excluding steroid dienone is 2. The first-order valence-electron chi connectivity index (χ1n) is 6.60. The molecular weight excluding hydrogens is 256 g/mol. The first-order chi connectivity index (χ1) is 9.72. The summed E-state index contributed by atoms with van der Waals surface area (Å²) in [4.78, 5) is 23.9. The number of amides is 2. The number of ether oxygens (including phenoxy) is 1. The third-order valence-corrected chi connectivity index (χ3v) is 3.29. The second-order valence-electron chi connectivity index (χ2n) is 4.63. The van der Waals surface area contributed by atoms with E-state index in [1.807, 2.05) is 6.08 Å². The van der Waals surface area contributed by atoms with Crippen LogP contribution in [-0.2, 0) is 4.79 Å². The quantitative estimate of drug-likeness (QED) is 0.652. The second-order valence-corrected chi connectivity index (χ2v) is 4.63. The van der Waals surface area contributed by atoms with Crippen LogP contribution in [0.5, 0.6) is 5.75 Å². The van der Waals surface area contributed by atoms with Gasteiger partial charge >= 0.3 is 0 Å². The predicted molar refractivity (Wildman–Crippen MR) is 75.1 cm³/mol. The molecule has 20 heavy (non-hydrogen) atoms. The third-order valence-electron chi connectivity index (χ3n) is 3.29. The van der Waals surface area contributed by atoms with Crippen molar-refractivity contribution in [2.75, 3.05) is 7.11 Å². The van der Waals surface area contributed by atoms with E-state index < -0.39 is 0 Å². The molecule has 0 aliphatic heterocycles. The summed E-state index contributed by atoms with van der Waals surface area (Å²) in [6.07, 6.45) is 6.49. The number of carbonyl (C=O) groups is 2. The number of carbonyl (C=O) groups excluding carboxylic acids is 2. The van der Waals surface area contributed by atoms with E-state index in [4.69, 9.17) is 4.74 Å². The normalized spacial score (nSPS) is 17.4. The summed E-state index contributed by atoms with van der Waals surface area (Å²) in [5.74, 6) is -0.141. The van der Waals surface area contributed by atoms with Gasteiger partial charge in [-0.2, -0.15) is 0 Å². The molecule has 1 aromatic carbocycles. The molecule has 1 aliphatic rings. The summed E-state index contributed by atoms with van der Waals surface area (Å²) in [5, 5.41) is 0. The zero-order valence-electron chi connectivity index (χ0n) is 11.4. The summed E-state index contributed by atoms with van der Waals surface area (Å²) < 4.78 is 5.11. The number of hydrogen-bond donors (Lipinski definition) is 2. The number of para-hydroxylation sites is 1. The lowest BCUT2D eigenvalue weighted by Crippen LogP contribution is -2.44. The van der Waals surface area contributed by atoms with Crippen molar-refractivity contribution in [2.24, 2.45) is 5.92 Å². The van der Waals surface area contributed by atoms with Crippen LogP contribution in [0.2, 0.25) is 0 Å². The van der Waals surface area contributed by atoms with E-state index in [9.17, 15) is 9.59 Å². The van der Waals surface area contributed by atoms with E-state index in [-0.39, 0.29) is 17.7 Å². The predicted octanol–water partition coefficient (Wildman–Crippen LogP) is 1.81. The first kappa shape index (κ1) is 14.1. The standard InChI is InChI=1S/C15H18N2O3/c1-20-13-10-6-5-9-12(13)15(19)17-16-14(18)11-7-3-2-4-8-11/h2-3,5-6,9-11H,4,7-8H2,1H3,(H,16,18)(H,17,19)/t11-/m0/s1. The smallest absolute Gasteiger partial charge is 0.273 e. The fourth-order valence-electron chi connectivity index (χ4n) is 2.15. The monoisotopic (exact) mass is 274 g/mol. The molecule has 0 spiro atoms. The minimum absolute atomic E-state index is 0.0713. The second kappa shape index (κ2) is 6.75. The number of nitrogens with one attached hydrogen (secondary N) is 2. The van der Waals surface area contributed by atoms with Gasteiger partial charge in [0.2, 0.25) is 5.91 Å². The lowest BCUT2D eigenvalue weighted by molar-refractivity contribution is -0.126. The average Bonchev–Trinajstić information content (AvgIpc) is 2.53. The maximum absolute atomic E-state index is 12.0. The van der Waals surface area contributed by atoms with Crippen LogP contribution in [0.4, 0.5) is 0 Å². The van der Waals surface area contributed by atoms with Gasteiger partial charge in [0, 0.05) is 5.92 Å². The van der Waals surface area contributed by atoms with Gasteiger partial charge in [-0.25, -0.2) is 0 Å². The molecule has 0 aromatic heterocycles. The van der Waals surface area contributed by atoms with Crippen molar-refractivity contribution < 1.29 is 14.3 Å². The van der Waals surface area contributed by atoms with Crippen molar-refractivity contribution in [3.8, 4) is 5.75 Å². The summed E-state index contributed by atoms with van der Waals surface area (Å²) >= 11 is 0. The molecule has 2 N–H and O–H groups in total. The third kappa shape index (κ3) is 3.38. The summed E-state index contributed by atoms with van der Waals surface area (Å²) in [6, 6.07) is 6.86. The van der Waals surface area contributed by atoms with Gasteiger partial charge in [0.05, 0.1) is 12.7 Å². The van der Waals surface area contributed by atoms with E-state index in [2.05, 4.69) is 16.9 Å². The Morgan fingerprint density at radius 2 is 2.00 bits per heavy atom. The van der Waals surface area contributed by atoms with E-state index in [0.717, 1.165) is 19.3 Å². The van der Waals surface area contributed by atoms with Gasteiger partial charge in [0.25, 0.3) is 5.91 Å². The highest BCUT2D eigenvalue weighted by Gasteiger charge is 2.19. The zero-order chi connectivity index (χ0) is 14.4. The van der Waals surface area contributed by atoms with E-state index in [0.29, 0.717) is 11.3 Å². The van der Waals surface area contributed by atoms with Crippen molar-refractivity contribution in [3.05, 3.63) is 42.0 Å². The van der Waals surface area contributed by atoms with E-state index in [1.54, 1.807) is 24.3 Å². The van der Waals surface area contributed by atoms with E-state index in [1.165, 1.54) is 7.11 Å². The fourth-order valence-corrected chi connectivity index (χ4v) is 2.15. The number of methoxy groups -OCH3 is 1. The van der Waals surface area contributed by atoms with Gasteiger partial charge < -0.3 is 4.74 Å². The molecule has 0 heterocycles. The van der Waals surface area contributed by atoms with Crippen LogP contribution in [0.15, 0.2) is 36.4 Å². The lowest BCUT2D eigenvalue weighted by atomic mass is 9.94. The van der Waals surface area contributed by atoms with Crippen LogP contribution in [0.1, 0.15) is 29.6 Å². The van der Waals surface area contributed by atoms with Crippen molar-refractivity contribution in [1.29, 1.82) is 0 Å². The van der Waals surface area contributed by atoms with Crippen molar-refractivity contribution >= 4 is 11.8 Å². The van der Waals surface area contributed by atoms with Crippen molar-refractivity contribution in [1.82, 2.24) is 10.9 Å². The van der Waals surface area contributed by atoms with E-state index >= 15 is 0 Å². The Morgan fingerprint density at radius 1 is 1.20 bits per heavy atom. The van der Waals surface area contributed by atoms with Crippen LogP contribution >= 0.6 is 0 Å². The van der Waals surface area contributed by atoms with Crippen LogP contribution in [0.25, 0.3) is 0 Å². The molecule has 1 aromatic rings. The molecule has 0 bridgehead atoms. The molecule has 5 heteroatoms. The zero-order valence-corrected chi connectivity index (χ0v) is 11.4. The Hall–Kier alpha value is -2.30. The molecule has 0 radical (unpaired) electrons. The van der Waals surface area contributed by atoms with Gasteiger partial charge in [-0.3, -0.25) is 20.4 Å². The number of hydrogen-bond acceptors (Lipinski definition) is 3. The molecule has 0 fully saturated rings. The number of benzene rings is 1. The molecule has 0 saturated heterocycles. The van der Waals surface area contributed by atoms with Crippen LogP contribution in [0, 0.1) is 5.92 Å². The highest BCUT2D eigenvalue weighted by molar-refractivity contribution is 5.98. The Bertz CT molecular complexity index is 526. The summed E-state index contributed by atoms with van der Waals surface area (Å²) in [5.41, 5.74) is 5.29. The first-order valence-corrected chi connectivity index (χ1v) is 6.60. The molecular formula is C15H18N2O3. The Labute approximate surface area is 118 Å². The number of rotatable bonds is 3. The van der Waals surface area contributed by atoms with Crippen molar-refractivity contribution in [2.45, 2.75) is 19.3 Å². The molecule has 1 atom stereocenters. The number of hydrazine groups is 1. The largest absolute Gasteiger partial charge is 0.496 e. The Balaban J connectivity index is 1.91. The van der Waals surface area contributed by atoms with Gasteiger partial charge in [0.1, 0.15) is 5.75 Å². The highest BCUT2D eigenvalue weighted by atomic mass is 16.5. The molecule has 0 saturated carbocycles. The Morgan fingerprint density at radius 3 is 2.70 bits per heavy atom. The summed E-state index contributed by atoms with van der Waals surface area (Å²) in [6.45, 7) is 0. The topological polar surface area (TPSA) is 67.4 Å². The minimum atomic E-state index is -0.387. The maximum Gasteiger partial charge on any atom is 0.273 e. The van der Waals surface area contributed by atoms with Gasteiger partial charge in [0.15, 0.2) is 0 Å².